The highest BCUT2D eigenvalue weighted by Crippen LogP contribution is 2.37. The van der Waals surface area contributed by atoms with E-state index in [0.717, 1.165) is 0 Å². The number of carboxylic acid groups (broad SMARTS) is 1. The molecule has 0 unspecified atom stereocenters. The molecule has 0 radical (unpaired) electrons. The van der Waals surface area contributed by atoms with E-state index in [0.29, 0.717) is 44.0 Å². The highest BCUT2D eigenvalue weighted by Gasteiger charge is 2.31. The van der Waals surface area contributed by atoms with Gasteiger partial charge in [0.05, 0.1) is 23.1 Å². The van der Waals surface area contributed by atoms with Crippen molar-refractivity contribution in [1.82, 2.24) is 9.97 Å². The second kappa shape index (κ2) is 8.51. The van der Waals surface area contributed by atoms with Gasteiger partial charge in [0, 0.05) is 13.1 Å². The Labute approximate surface area is 161 Å². The Morgan fingerprint density at radius 1 is 1.36 bits per heavy atom. The van der Waals surface area contributed by atoms with Crippen molar-refractivity contribution in [1.29, 1.82) is 0 Å². The van der Waals surface area contributed by atoms with Crippen molar-refractivity contribution in [3.05, 3.63) is 40.7 Å². The van der Waals surface area contributed by atoms with Gasteiger partial charge in [0.25, 0.3) is 0 Å². The van der Waals surface area contributed by atoms with Crippen LogP contribution in [0.3, 0.4) is 0 Å². The summed E-state index contributed by atoms with van der Waals surface area (Å²) in [6.07, 6.45) is 2.08. The number of nitrogens with zero attached hydrogens (tertiary/aromatic N) is 4. The van der Waals surface area contributed by atoms with Crippen LogP contribution in [-0.2, 0) is 4.79 Å². The Balaban J connectivity index is 1.91. The van der Waals surface area contributed by atoms with E-state index in [4.69, 9.17) is 9.84 Å². The van der Waals surface area contributed by atoms with E-state index < -0.39 is 16.8 Å². The Kier molecular flexibility index (Phi) is 5.87. The zero-order valence-electron chi connectivity index (χ0n) is 15.4. The lowest BCUT2D eigenvalue weighted by Gasteiger charge is -2.30. The molecule has 0 aliphatic carbocycles. The molecule has 1 saturated heterocycles. The van der Waals surface area contributed by atoms with Crippen molar-refractivity contribution in [2.24, 2.45) is 5.92 Å². The number of para-hydroxylation sites is 2. The Morgan fingerprint density at radius 3 is 2.71 bits per heavy atom. The molecular formula is C18H21N5O5. The fourth-order valence-electron chi connectivity index (χ4n) is 3.18. The number of nitro groups is 1. The van der Waals surface area contributed by atoms with Crippen molar-refractivity contribution >= 4 is 29.0 Å². The smallest absolute Gasteiger partial charge is 0.353 e. The lowest BCUT2D eigenvalue weighted by Crippen LogP contribution is -2.37. The summed E-state index contributed by atoms with van der Waals surface area (Å²) in [7, 11) is 0. The molecular weight excluding hydrogens is 366 g/mol. The van der Waals surface area contributed by atoms with Gasteiger partial charge >= 0.3 is 11.7 Å². The second-order valence-electron chi connectivity index (χ2n) is 6.31. The van der Waals surface area contributed by atoms with Gasteiger partial charge in [0.1, 0.15) is 12.1 Å². The zero-order chi connectivity index (χ0) is 20.1. The Morgan fingerprint density at radius 2 is 2.07 bits per heavy atom. The van der Waals surface area contributed by atoms with Crippen LogP contribution in [0.25, 0.3) is 0 Å². The highest BCUT2D eigenvalue weighted by atomic mass is 16.6. The highest BCUT2D eigenvalue weighted by molar-refractivity contribution is 5.77. The number of rotatable bonds is 7. The average Bonchev–Trinajstić information content (AvgIpc) is 2.69. The summed E-state index contributed by atoms with van der Waals surface area (Å²) in [5, 5.41) is 23.9. The van der Waals surface area contributed by atoms with Gasteiger partial charge in [-0.15, -0.1) is 0 Å². The number of carbonyl (C=O) groups is 1. The first kappa shape index (κ1) is 19.3. The quantitative estimate of drug-likeness (QED) is 0.544. The molecule has 0 saturated carbocycles. The standard InChI is InChI=1S/C18H21N5O5/c1-2-28-14-6-4-3-5-13(14)21-16-15(23(26)27)17(20-11-19-16)22-9-7-12(8-10-22)18(24)25/h3-6,11-12H,2,7-10H2,1H3,(H,24,25)(H,19,20,21). The molecule has 1 aromatic carbocycles. The second-order valence-corrected chi connectivity index (χ2v) is 6.31. The van der Waals surface area contributed by atoms with E-state index >= 15 is 0 Å². The summed E-state index contributed by atoms with van der Waals surface area (Å²) >= 11 is 0. The van der Waals surface area contributed by atoms with Gasteiger partial charge in [0.15, 0.2) is 0 Å². The van der Waals surface area contributed by atoms with Gasteiger partial charge in [-0.1, -0.05) is 12.1 Å². The summed E-state index contributed by atoms with van der Waals surface area (Å²) in [5.41, 5.74) is 0.310. The molecule has 148 valence electrons. The monoisotopic (exact) mass is 387 g/mol. The van der Waals surface area contributed by atoms with Crippen LogP contribution in [0.5, 0.6) is 5.75 Å². The number of carboxylic acids is 1. The minimum Gasteiger partial charge on any atom is -0.492 e. The number of aliphatic carboxylic acids is 1. The molecule has 2 heterocycles. The first-order valence-corrected chi connectivity index (χ1v) is 8.97. The molecule has 1 aliphatic rings. The van der Waals surface area contributed by atoms with Crippen LogP contribution in [0, 0.1) is 16.0 Å². The third-order valence-corrected chi connectivity index (χ3v) is 4.57. The number of ether oxygens (including phenoxy) is 1. The predicted molar refractivity (Wildman–Crippen MR) is 102 cm³/mol. The van der Waals surface area contributed by atoms with Gasteiger partial charge < -0.3 is 20.1 Å². The number of hydrogen-bond donors (Lipinski definition) is 2. The molecule has 0 atom stereocenters. The fraction of sp³-hybridized carbons (Fsp3) is 0.389. The number of aromatic nitrogens is 2. The maximum Gasteiger partial charge on any atom is 0.353 e. The maximum absolute atomic E-state index is 11.8. The fourth-order valence-corrected chi connectivity index (χ4v) is 3.18. The summed E-state index contributed by atoms with van der Waals surface area (Å²) in [4.78, 5) is 32.3. The normalized spacial score (nSPS) is 14.5. The van der Waals surface area contributed by atoms with Crippen molar-refractivity contribution in [2.75, 3.05) is 29.9 Å². The molecule has 28 heavy (non-hydrogen) atoms. The van der Waals surface area contributed by atoms with Gasteiger partial charge in [-0.3, -0.25) is 14.9 Å². The first-order chi connectivity index (χ1) is 13.5. The summed E-state index contributed by atoms with van der Waals surface area (Å²) < 4.78 is 5.55. The molecule has 0 spiro atoms. The van der Waals surface area contributed by atoms with Gasteiger partial charge in [-0.2, -0.15) is 0 Å². The van der Waals surface area contributed by atoms with E-state index in [2.05, 4.69) is 15.3 Å². The van der Waals surface area contributed by atoms with E-state index in [1.807, 2.05) is 13.0 Å². The predicted octanol–water partition coefficient (Wildman–Crippen LogP) is 2.83. The SMILES string of the molecule is CCOc1ccccc1Nc1ncnc(N2CCC(C(=O)O)CC2)c1[N+](=O)[O-]. The molecule has 3 rings (SSSR count). The summed E-state index contributed by atoms with van der Waals surface area (Å²) in [5.74, 6) is -0.482. The maximum atomic E-state index is 11.8. The van der Waals surface area contributed by atoms with Crippen LogP contribution in [0.2, 0.25) is 0 Å². The third-order valence-electron chi connectivity index (χ3n) is 4.57. The van der Waals surface area contributed by atoms with Crippen LogP contribution in [0.1, 0.15) is 19.8 Å². The van der Waals surface area contributed by atoms with Crippen LogP contribution >= 0.6 is 0 Å². The summed E-state index contributed by atoms with van der Waals surface area (Å²) in [6.45, 7) is 3.06. The van der Waals surface area contributed by atoms with E-state index in [9.17, 15) is 14.9 Å². The molecule has 1 aromatic heterocycles. The lowest BCUT2D eigenvalue weighted by atomic mass is 9.97. The minimum absolute atomic E-state index is 0.0579. The number of benzene rings is 1. The molecule has 2 aromatic rings. The zero-order valence-corrected chi connectivity index (χ0v) is 15.4. The summed E-state index contributed by atoms with van der Waals surface area (Å²) in [6, 6.07) is 7.10. The Bertz CT molecular complexity index is 867. The molecule has 1 fully saturated rings. The first-order valence-electron chi connectivity index (χ1n) is 8.97. The van der Waals surface area contributed by atoms with Crippen molar-refractivity contribution in [2.45, 2.75) is 19.8 Å². The number of anilines is 3. The third kappa shape index (κ3) is 4.11. The number of nitrogens with one attached hydrogen (secondary N) is 1. The van der Waals surface area contributed by atoms with Crippen LogP contribution in [0.4, 0.5) is 23.0 Å². The minimum atomic E-state index is -0.841. The van der Waals surface area contributed by atoms with Crippen molar-refractivity contribution in [3.63, 3.8) is 0 Å². The largest absolute Gasteiger partial charge is 0.492 e. The van der Waals surface area contributed by atoms with Gasteiger partial charge in [-0.25, -0.2) is 9.97 Å². The molecule has 1 aliphatic heterocycles. The van der Waals surface area contributed by atoms with Crippen LogP contribution in [-0.4, -0.2) is 45.7 Å². The van der Waals surface area contributed by atoms with Gasteiger partial charge in [0.2, 0.25) is 11.6 Å². The van der Waals surface area contributed by atoms with Crippen molar-refractivity contribution in [3.8, 4) is 5.75 Å². The van der Waals surface area contributed by atoms with E-state index in [-0.39, 0.29) is 17.3 Å². The molecule has 0 bridgehead atoms. The van der Waals surface area contributed by atoms with E-state index in [1.165, 1.54) is 6.33 Å². The van der Waals surface area contributed by atoms with Crippen molar-refractivity contribution < 1.29 is 19.6 Å². The number of hydrogen-bond acceptors (Lipinski definition) is 8. The molecule has 10 heteroatoms. The average molecular weight is 387 g/mol. The van der Waals surface area contributed by atoms with E-state index in [1.54, 1.807) is 23.1 Å². The van der Waals surface area contributed by atoms with Crippen LogP contribution in [0.15, 0.2) is 30.6 Å². The topological polar surface area (TPSA) is 131 Å². The lowest BCUT2D eigenvalue weighted by molar-refractivity contribution is -0.383. The molecule has 0 amide bonds. The van der Waals surface area contributed by atoms with Gasteiger partial charge in [-0.05, 0) is 31.9 Å². The molecule has 10 nitrogen and oxygen atoms in total. The number of piperidine rings is 1. The Hall–Kier alpha value is -3.43. The molecule has 2 N–H and O–H groups in total. The van der Waals surface area contributed by atoms with Crippen LogP contribution < -0.4 is 15.0 Å².